The summed E-state index contributed by atoms with van der Waals surface area (Å²) in [5.74, 6) is 0.317. The minimum Gasteiger partial charge on any atom is -0.497 e. The van der Waals surface area contributed by atoms with E-state index in [1.165, 1.54) is 13.2 Å². The maximum atomic E-state index is 12.0. The maximum Gasteiger partial charge on any atom is 0.331 e. The third kappa shape index (κ3) is 5.19. The highest BCUT2D eigenvalue weighted by Crippen LogP contribution is 2.25. The van der Waals surface area contributed by atoms with Crippen LogP contribution in [0.15, 0.2) is 53.0 Å². The first-order chi connectivity index (χ1) is 12.0. The second kappa shape index (κ2) is 9.03. The van der Waals surface area contributed by atoms with Crippen molar-refractivity contribution in [1.82, 2.24) is 0 Å². The maximum absolute atomic E-state index is 12.0. The lowest BCUT2D eigenvalue weighted by atomic mass is 10.1. The Labute approximate surface area is 154 Å². The van der Waals surface area contributed by atoms with Crippen molar-refractivity contribution in [3.63, 3.8) is 0 Å². The third-order valence-corrected chi connectivity index (χ3v) is 4.05. The summed E-state index contributed by atoms with van der Waals surface area (Å²) in [7, 11) is 3.09. The second-order valence-corrected chi connectivity index (χ2v) is 5.81. The van der Waals surface area contributed by atoms with Crippen LogP contribution in [-0.4, -0.2) is 32.6 Å². The summed E-state index contributed by atoms with van der Waals surface area (Å²) in [6, 6.07) is 12.2. The first kappa shape index (κ1) is 18.7. The number of halogens is 1. The molecule has 0 aliphatic carbocycles. The van der Waals surface area contributed by atoms with Gasteiger partial charge in [-0.3, -0.25) is 4.79 Å². The average Bonchev–Trinajstić information content (AvgIpc) is 2.64. The molecule has 0 fully saturated rings. The zero-order valence-corrected chi connectivity index (χ0v) is 15.4. The molecule has 5 nitrogen and oxygen atoms in total. The Morgan fingerprint density at radius 3 is 2.52 bits per heavy atom. The highest BCUT2D eigenvalue weighted by atomic mass is 79.9. The average molecular weight is 405 g/mol. The van der Waals surface area contributed by atoms with Gasteiger partial charge in [-0.25, -0.2) is 4.79 Å². The van der Waals surface area contributed by atoms with Crippen LogP contribution in [0, 0.1) is 0 Å². The van der Waals surface area contributed by atoms with Gasteiger partial charge in [0.05, 0.1) is 14.2 Å². The van der Waals surface area contributed by atoms with Gasteiger partial charge in [-0.05, 0) is 24.3 Å². The molecule has 2 aromatic rings. The van der Waals surface area contributed by atoms with Crippen LogP contribution in [-0.2, 0) is 9.53 Å². The normalized spacial score (nSPS) is 10.5. The Morgan fingerprint density at radius 1 is 1.08 bits per heavy atom. The zero-order chi connectivity index (χ0) is 18.2. The van der Waals surface area contributed by atoms with Crippen molar-refractivity contribution in [1.29, 1.82) is 0 Å². The van der Waals surface area contributed by atoms with E-state index in [1.807, 2.05) is 0 Å². The molecule has 0 saturated heterocycles. The summed E-state index contributed by atoms with van der Waals surface area (Å²) in [4.78, 5) is 23.9. The van der Waals surface area contributed by atoms with Crippen molar-refractivity contribution in [2.45, 2.75) is 0 Å². The molecule has 0 bridgehead atoms. The van der Waals surface area contributed by atoms with Gasteiger partial charge >= 0.3 is 5.97 Å². The summed E-state index contributed by atoms with van der Waals surface area (Å²) in [5, 5.41) is 0. The Morgan fingerprint density at radius 2 is 1.84 bits per heavy atom. The highest BCUT2D eigenvalue weighted by Gasteiger charge is 2.11. The number of ether oxygens (including phenoxy) is 3. The molecule has 6 heteroatoms. The molecule has 0 aliphatic rings. The first-order valence-electron chi connectivity index (χ1n) is 7.39. The summed E-state index contributed by atoms with van der Waals surface area (Å²) in [6.07, 6.45) is 2.81. The van der Waals surface area contributed by atoms with Crippen molar-refractivity contribution < 1.29 is 23.8 Å². The molecule has 2 rings (SSSR count). The summed E-state index contributed by atoms with van der Waals surface area (Å²) in [6.45, 7) is -0.328. The Balaban J connectivity index is 1.97. The van der Waals surface area contributed by atoms with Crippen molar-refractivity contribution in [2.75, 3.05) is 20.8 Å². The van der Waals surface area contributed by atoms with Crippen molar-refractivity contribution in [2.24, 2.45) is 0 Å². The van der Waals surface area contributed by atoms with Gasteiger partial charge in [0.2, 0.25) is 5.78 Å². The van der Waals surface area contributed by atoms with Crippen molar-refractivity contribution in [3.05, 3.63) is 64.1 Å². The van der Waals surface area contributed by atoms with E-state index < -0.39 is 5.97 Å². The van der Waals surface area contributed by atoms with Gasteiger partial charge < -0.3 is 14.2 Å². The fourth-order valence-corrected chi connectivity index (χ4v) is 2.57. The lowest BCUT2D eigenvalue weighted by Crippen LogP contribution is -2.13. The largest absolute Gasteiger partial charge is 0.497 e. The molecule has 0 spiro atoms. The summed E-state index contributed by atoms with van der Waals surface area (Å²) < 4.78 is 16.0. The molecule has 0 radical (unpaired) electrons. The summed E-state index contributed by atoms with van der Waals surface area (Å²) in [5.41, 5.74) is 1.16. The van der Waals surface area contributed by atoms with Crippen LogP contribution < -0.4 is 9.47 Å². The number of hydrogen-bond acceptors (Lipinski definition) is 5. The fourth-order valence-electron chi connectivity index (χ4n) is 2.06. The fraction of sp³-hybridized carbons (Fsp3) is 0.158. The predicted octanol–water partition coefficient (Wildman–Crippen LogP) is 3.91. The van der Waals surface area contributed by atoms with Crippen molar-refractivity contribution >= 4 is 33.8 Å². The van der Waals surface area contributed by atoms with E-state index in [-0.39, 0.29) is 12.4 Å². The summed E-state index contributed by atoms with van der Waals surface area (Å²) >= 11 is 3.29. The monoisotopic (exact) mass is 404 g/mol. The molecule has 130 valence electrons. The lowest BCUT2D eigenvalue weighted by molar-refractivity contribution is -0.136. The SMILES string of the molecule is COc1ccc(C=CC(=O)OCC(=O)c2ccccc2Br)c(OC)c1. The standard InChI is InChI=1S/C19H17BrO5/c1-23-14-9-7-13(18(11-14)24-2)8-10-19(22)25-12-17(21)15-5-3-4-6-16(15)20/h3-11H,12H2,1-2H3. The second-order valence-electron chi connectivity index (χ2n) is 4.95. The predicted molar refractivity (Wildman–Crippen MR) is 98.0 cm³/mol. The van der Waals surface area contributed by atoms with E-state index in [2.05, 4.69) is 15.9 Å². The zero-order valence-electron chi connectivity index (χ0n) is 13.8. The number of Topliss-reactive ketones (excluding diaryl/α,β-unsaturated/α-hetero) is 1. The molecule has 0 aromatic heterocycles. The Bertz CT molecular complexity index is 798. The Hall–Kier alpha value is -2.60. The number of methoxy groups -OCH3 is 2. The molecule has 25 heavy (non-hydrogen) atoms. The minimum atomic E-state index is -0.613. The van der Waals surface area contributed by atoms with E-state index in [0.29, 0.717) is 27.1 Å². The van der Waals surface area contributed by atoms with Crippen LogP contribution in [0.2, 0.25) is 0 Å². The molecule has 2 aromatic carbocycles. The van der Waals surface area contributed by atoms with E-state index in [9.17, 15) is 9.59 Å². The van der Waals surface area contributed by atoms with Gasteiger partial charge in [0.25, 0.3) is 0 Å². The van der Waals surface area contributed by atoms with Crippen LogP contribution in [0.4, 0.5) is 0 Å². The third-order valence-electron chi connectivity index (χ3n) is 3.36. The molecule has 0 unspecified atom stereocenters. The lowest BCUT2D eigenvalue weighted by Gasteiger charge is -2.07. The Kier molecular flexibility index (Phi) is 6.77. The number of esters is 1. The first-order valence-corrected chi connectivity index (χ1v) is 8.19. The number of rotatable bonds is 7. The molecule has 0 saturated carbocycles. The quantitative estimate of drug-likeness (QED) is 0.397. The number of benzene rings is 2. The van der Waals surface area contributed by atoms with Crippen molar-refractivity contribution in [3.8, 4) is 11.5 Å². The van der Waals surface area contributed by atoms with Crippen LogP contribution in [0.1, 0.15) is 15.9 Å². The number of carbonyl (C=O) groups is 2. The van der Waals surface area contributed by atoms with Crippen LogP contribution in [0.3, 0.4) is 0 Å². The number of carbonyl (C=O) groups excluding carboxylic acids is 2. The van der Waals surface area contributed by atoms with Gasteiger partial charge in [0, 0.05) is 27.7 Å². The molecule has 0 heterocycles. The van der Waals surface area contributed by atoms with Crippen LogP contribution in [0.5, 0.6) is 11.5 Å². The van der Waals surface area contributed by atoms with Gasteiger partial charge in [0.15, 0.2) is 6.61 Å². The van der Waals surface area contributed by atoms with Gasteiger partial charge in [-0.1, -0.05) is 34.1 Å². The van der Waals surface area contributed by atoms with Crippen LogP contribution >= 0.6 is 15.9 Å². The highest BCUT2D eigenvalue weighted by molar-refractivity contribution is 9.10. The molecular formula is C19H17BrO5. The molecule has 0 N–H and O–H groups in total. The van der Waals surface area contributed by atoms with Gasteiger partial charge in [-0.2, -0.15) is 0 Å². The van der Waals surface area contributed by atoms with E-state index in [4.69, 9.17) is 14.2 Å². The number of ketones is 1. The topological polar surface area (TPSA) is 61.8 Å². The van der Waals surface area contributed by atoms with E-state index in [1.54, 1.807) is 55.7 Å². The molecule has 0 amide bonds. The van der Waals surface area contributed by atoms with Gasteiger partial charge in [-0.15, -0.1) is 0 Å². The molecule has 0 atom stereocenters. The van der Waals surface area contributed by atoms with Gasteiger partial charge in [0.1, 0.15) is 11.5 Å². The van der Waals surface area contributed by atoms with Crippen LogP contribution in [0.25, 0.3) is 6.08 Å². The molecule has 0 aliphatic heterocycles. The molecular weight excluding hydrogens is 388 g/mol. The van der Waals surface area contributed by atoms with E-state index >= 15 is 0 Å². The van der Waals surface area contributed by atoms with E-state index in [0.717, 1.165) is 0 Å². The smallest absolute Gasteiger partial charge is 0.331 e. The number of hydrogen-bond donors (Lipinski definition) is 0. The minimum absolute atomic E-state index is 0.281.